The van der Waals surface area contributed by atoms with Gasteiger partial charge in [0, 0.05) is 6.42 Å². The Hall–Kier alpha value is -1.31. The first kappa shape index (κ1) is 15.7. The number of hydrogen-bond acceptors (Lipinski definition) is 1. The van der Waals surface area contributed by atoms with Crippen LogP contribution in [0.5, 0.6) is 0 Å². The molecule has 0 aromatic heterocycles. The average molecular weight is 236 g/mol. The molecule has 0 aliphatic heterocycles. The predicted molar refractivity (Wildman–Crippen MR) is 73.0 cm³/mol. The number of aliphatic carboxylic acids is 1. The van der Waals surface area contributed by atoms with Crippen molar-refractivity contribution in [1.82, 2.24) is 0 Å². The molecule has 0 saturated carbocycles. The minimum atomic E-state index is -0.702. The Bertz CT molecular complexity index is 262. The SMILES string of the molecule is CC=CC=CCCCCC=CCCCC(=O)O. The van der Waals surface area contributed by atoms with E-state index in [0.29, 0.717) is 0 Å². The summed E-state index contributed by atoms with van der Waals surface area (Å²) in [6.45, 7) is 2.01. The van der Waals surface area contributed by atoms with Crippen LogP contribution in [0, 0.1) is 0 Å². The summed E-state index contributed by atoms with van der Waals surface area (Å²) in [5.41, 5.74) is 0. The lowest BCUT2D eigenvalue weighted by atomic mass is 10.1. The Balaban J connectivity index is 3.22. The molecule has 0 amide bonds. The molecule has 0 aromatic carbocycles. The molecule has 0 aromatic rings. The van der Waals surface area contributed by atoms with Crippen molar-refractivity contribution in [3.63, 3.8) is 0 Å². The van der Waals surface area contributed by atoms with Crippen molar-refractivity contribution in [3.05, 3.63) is 36.5 Å². The summed E-state index contributed by atoms with van der Waals surface area (Å²) in [5.74, 6) is -0.702. The second-order valence-electron chi connectivity index (χ2n) is 4.00. The minimum Gasteiger partial charge on any atom is -0.481 e. The lowest BCUT2D eigenvalue weighted by Crippen LogP contribution is -1.92. The molecule has 17 heavy (non-hydrogen) atoms. The van der Waals surface area contributed by atoms with Crippen LogP contribution in [0.1, 0.15) is 51.9 Å². The number of hydrogen-bond donors (Lipinski definition) is 1. The maximum Gasteiger partial charge on any atom is 0.303 e. The Kier molecular flexibility index (Phi) is 11.8. The Labute approximate surface area is 105 Å². The third-order valence-corrected chi connectivity index (χ3v) is 2.36. The van der Waals surface area contributed by atoms with E-state index in [1.54, 1.807) is 0 Å². The van der Waals surface area contributed by atoms with Gasteiger partial charge < -0.3 is 5.11 Å². The molecule has 0 atom stereocenters. The lowest BCUT2D eigenvalue weighted by molar-refractivity contribution is -0.137. The van der Waals surface area contributed by atoms with E-state index >= 15 is 0 Å². The van der Waals surface area contributed by atoms with Gasteiger partial charge in [0.1, 0.15) is 0 Å². The van der Waals surface area contributed by atoms with Crippen LogP contribution in [-0.4, -0.2) is 11.1 Å². The molecule has 0 spiro atoms. The highest BCUT2D eigenvalue weighted by Gasteiger charge is 1.92. The number of allylic oxidation sites excluding steroid dienone is 6. The zero-order valence-electron chi connectivity index (χ0n) is 10.8. The van der Waals surface area contributed by atoms with Crippen LogP contribution in [-0.2, 0) is 4.79 Å². The highest BCUT2D eigenvalue weighted by Crippen LogP contribution is 2.03. The predicted octanol–water partition coefficient (Wildman–Crippen LogP) is 4.49. The van der Waals surface area contributed by atoms with Crippen molar-refractivity contribution in [2.24, 2.45) is 0 Å². The van der Waals surface area contributed by atoms with E-state index in [4.69, 9.17) is 5.11 Å². The molecule has 0 bridgehead atoms. The summed E-state index contributed by atoms with van der Waals surface area (Å²) in [4.78, 5) is 10.2. The molecule has 0 radical (unpaired) electrons. The lowest BCUT2D eigenvalue weighted by Gasteiger charge is -1.93. The average Bonchev–Trinajstić information content (AvgIpc) is 2.30. The smallest absolute Gasteiger partial charge is 0.303 e. The molecule has 96 valence electrons. The second-order valence-corrected chi connectivity index (χ2v) is 4.00. The molecular weight excluding hydrogens is 212 g/mol. The summed E-state index contributed by atoms with van der Waals surface area (Å²) >= 11 is 0. The number of carbonyl (C=O) groups is 1. The van der Waals surface area contributed by atoms with E-state index in [-0.39, 0.29) is 6.42 Å². The normalized spacial score (nSPS) is 12.1. The summed E-state index contributed by atoms with van der Waals surface area (Å²) in [6, 6.07) is 0. The molecule has 2 heteroatoms. The first-order valence-electron chi connectivity index (χ1n) is 6.42. The zero-order chi connectivity index (χ0) is 12.8. The van der Waals surface area contributed by atoms with Gasteiger partial charge in [-0.05, 0) is 45.4 Å². The van der Waals surface area contributed by atoms with Crippen LogP contribution in [0.2, 0.25) is 0 Å². The highest BCUT2D eigenvalue weighted by atomic mass is 16.4. The first-order valence-corrected chi connectivity index (χ1v) is 6.42. The molecule has 0 saturated heterocycles. The molecule has 0 rings (SSSR count). The molecule has 0 aliphatic rings. The maximum absolute atomic E-state index is 10.2. The van der Waals surface area contributed by atoms with Gasteiger partial charge in [-0.2, -0.15) is 0 Å². The fourth-order valence-corrected chi connectivity index (χ4v) is 1.42. The quantitative estimate of drug-likeness (QED) is 0.345. The van der Waals surface area contributed by atoms with Crippen molar-refractivity contribution in [2.45, 2.75) is 51.9 Å². The second kappa shape index (κ2) is 12.8. The van der Waals surface area contributed by atoms with Gasteiger partial charge in [-0.1, -0.05) is 36.5 Å². The molecule has 0 heterocycles. The van der Waals surface area contributed by atoms with Gasteiger partial charge in [0.2, 0.25) is 0 Å². The number of carboxylic acids is 1. The van der Waals surface area contributed by atoms with E-state index in [1.165, 1.54) is 12.8 Å². The summed E-state index contributed by atoms with van der Waals surface area (Å²) in [7, 11) is 0. The minimum absolute atomic E-state index is 0.278. The summed E-state index contributed by atoms with van der Waals surface area (Å²) in [6.07, 6.45) is 19.2. The Morgan fingerprint density at radius 3 is 2.12 bits per heavy atom. The zero-order valence-corrected chi connectivity index (χ0v) is 10.8. The first-order chi connectivity index (χ1) is 8.27. The van der Waals surface area contributed by atoms with Crippen molar-refractivity contribution in [1.29, 1.82) is 0 Å². The fourth-order valence-electron chi connectivity index (χ4n) is 1.42. The van der Waals surface area contributed by atoms with Crippen LogP contribution < -0.4 is 0 Å². The maximum atomic E-state index is 10.2. The van der Waals surface area contributed by atoms with Crippen molar-refractivity contribution >= 4 is 5.97 Å². The number of rotatable bonds is 10. The van der Waals surface area contributed by atoms with Crippen LogP contribution >= 0.6 is 0 Å². The van der Waals surface area contributed by atoms with E-state index in [0.717, 1.165) is 25.7 Å². The van der Waals surface area contributed by atoms with Crippen molar-refractivity contribution in [2.75, 3.05) is 0 Å². The van der Waals surface area contributed by atoms with Crippen LogP contribution in [0.3, 0.4) is 0 Å². The highest BCUT2D eigenvalue weighted by molar-refractivity contribution is 5.66. The van der Waals surface area contributed by atoms with Gasteiger partial charge >= 0.3 is 5.97 Å². The number of unbranched alkanes of at least 4 members (excludes halogenated alkanes) is 4. The monoisotopic (exact) mass is 236 g/mol. The third-order valence-electron chi connectivity index (χ3n) is 2.36. The third kappa shape index (κ3) is 14.7. The number of carboxylic acid groups (broad SMARTS) is 1. The van der Waals surface area contributed by atoms with E-state index in [9.17, 15) is 4.79 Å². The fraction of sp³-hybridized carbons (Fsp3) is 0.533. The van der Waals surface area contributed by atoms with Crippen LogP contribution in [0.25, 0.3) is 0 Å². The standard InChI is InChI=1S/C15H24O2/c1-2-3-4-5-6-7-8-9-10-11-12-13-14-15(16)17/h2-5,10-11H,6-9,12-14H2,1H3,(H,16,17). The van der Waals surface area contributed by atoms with E-state index in [2.05, 4.69) is 24.3 Å². The summed E-state index contributed by atoms with van der Waals surface area (Å²) in [5, 5.41) is 8.44. The van der Waals surface area contributed by atoms with E-state index in [1.807, 2.05) is 19.1 Å². The Morgan fingerprint density at radius 1 is 0.941 bits per heavy atom. The molecule has 0 aliphatic carbocycles. The van der Waals surface area contributed by atoms with Gasteiger partial charge in [0.05, 0.1) is 0 Å². The van der Waals surface area contributed by atoms with Gasteiger partial charge in [-0.25, -0.2) is 0 Å². The molecule has 0 fully saturated rings. The van der Waals surface area contributed by atoms with Gasteiger partial charge in [0.25, 0.3) is 0 Å². The van der Waals surface area contributed by atoms with Crippen molar-refractivity contribution < 1.29 is 9.90 Å². The van der Waals surface area contributed by atoms with Gasteiger partial charge in [0.15, 0.2) is 0 Å². The van der Waals surface area contributed by atoms with Crippen molar-refractivity contribution in [3.8, 4) is 0 Å². The van der Waals surface area contributed by atoms with E-state index < -0.39 is 5.97 Å². The Morgan fingerprint density at radius 2 is 1.53 bits per heavy atom. The van der Waals surface area contributed by atoms with Gasteiger partial charge in [-0.15, -0.1) is 0 Å². The summed E-state index contributed by atoms with van der Waals surface area (Å²) < 4.78 is 0. The molecular formula is C15H24O2. The molecule has 1 N–H and O–H groups in total. The molecule has 0 unspecified atom stereocenters. The molecule has 2 nitrogen and oxygen atoms in total. The largest absolute Gasteiger partial charge is 0.481 e. The van der Waals surface area contributed by atoms with Crippen LogP contribution in [0.4, 0.5) is 0 Å². The van der Waals surface area contributed by atoms with Gasteiger partial charge in [-0.3, -0.25) is 4.79 Å². The topological polar surface area (TPSA) is 37.3 Å². The van der Waals surface area contributed by atoms with Crippen LogP contribution in [0.15, 0.2) is 36.5 Å².